The number of halogens is 2. The fraction of sp³-hybridized carbons (Fsp3) is 0.389. The van der Waals surface area contributed by atoms with Crippen molar-refractivity contribution in [3.63, 3.8) is 0 Å². The van der Waals surface area contributed by atoms with Crippen LogP contribution in [0.1, 0.15) is 46.4 Å². The van der Waals surface area contributed by atoms with Gasteiger partial charge in [0.15, 0.2) is 0 Å². The first-order valence-electron chi connectivity index (χ1n) is 8.35. The average molecular weight is 396 g/mol. The summed E-state index contributed by atoms with van der Waals surface area (Å²) in [5.41, 5.74) is 2.91. The Kier molecular flexibility index (Phi) is 4.44. The molecule has 0 spiro atoms. The summed E-state index contributed by atoms with van der Waals surface area (Å²) in [5.74, 6) is -0.0136. The lowest BCUT2D eigenvalue weighted by atomic mass is 9.99. The summed E-state index contributed by atoms with van der Waals surface area (Å²) in [5, 5.41) is 8.45. The molecule has 1 atom stereocenters. The van der Waals surface area contributed by atoms with Gasteiger partial charge in [0.05, 0.1) is 15.6 Å². The van der Waals surface area contributed by atoms with Gasteiger partial charge in [0.1, 0.15) is 11.2 Å². The second-order valence-electron chi connectivity index (χ2n) is 6.75. The van der Waals surface area contributed by atoms with Gasteiger partial charge in [-0.25, -0.2) is 0 Å². The zero-order chi connectivity index (χ0) is 17.7. The maximum Gasteiger partial charge on any atom is 0.256 e. The van der Waals surface area contributed by atoms with Crippen molar-refractivity contribution in [3.05, 3.63) is 49.8 Å². The largest absolute Gasteiger partial charge is 0.353 e. The van der Waals surface area contributed by atoms with Gasteiger partial charge < -0.3 is 10.6 Å². The molecule has 0 radical (unpaired) electrons. The normalized spacial score (nSPS) is 20.0. The number of anilines is 1. The molecule has 132 valence electrons. The highest BCUT2D eigenvalue weighted by Gasteiger charge is 2.33. The number of hydrogen-bond donors (Lipinski definition) is 2. The number of rotatable bonds is 2. The van der Waals surface area contributed by atoms with Crippen molar-refractivity contribution in [3.8, 4) is 0 Å². The Bertz CT molecular complexity index is 849. The number of hydrogen-bond acceptors (Lipinski definition) is 4. The Morgan fingerprint density at radius 3 is 2.76 bits per heavy atom. The van der Waals surface area contributed by atoms with Crippen LogP contribution in [0.25, 0.3) is 0 Å². The fourth-order valence-electron chi connectivity index (χ4n) is 3.43. The number of thiophene rings is 1. The zero-order valence-corrected chi connectivity index (χ0v) is 16.4. The van der Waals surface area contributed by atoms with Crippen LogP contribution in [-0.2, 0) is 13.0 Å². The van der Waals surface area contributed by atoms with Crippen LogP contribution in [0.4, 0.5) is 5.00 Å². The highest BCUT2D eigenvalue weighted by Crippen LogP contribution is 2.41. The minimum absolute atomic E-state index is 0.0136. The van der Waals surface area contributed by atoms with Crippen molar-refractivity contribution in [2.24, 2.45) is 0 Å². The number of carbonyl (C=O) groups is 1. The summed E-state index contributed by atoms with van der Waals surface area (Å²) in [6.45, 7) is 6.34. The Balaban J connectivity index is 1.65. The van der Waals surface area contributed by atoms with Crippen LogP contribution in [0.3, 0.4) is 0 Å². The Morgan fingerprint density at radius 2 is 2.04 bits per heavy atom. The molecular formula is C18H19Cl2N3OS. The molecule has 1 aromatic carbocycles. The molecule has 1 amide bonds. The van der Waals surface area contributed by atoms with E-state index in [1.54, 1.807) is 23.5 Å². The number of fused-ring (bicyclic) bond motifs is 3. The summed E-state index contributed by atoms with van der Waals surface area (Å²) < 4.78 is 0. The van der Waals surface area contributed by atoms with E-state index in [9.17, 15) is 4.79 Å². The highest BCUT2D eigenvalue weighted by atomic mass is 35.5. The fourth-order valence-corrected chi connectivity index (χ4v) is 5.04. The Labute approximate surface area is 161 Å². The van der Waals surface area contributed by atoms with Crippen molar-refractivity contribution in [2.45, 2.75) is 39.0 Å². The van der Waals surface area contributed by atoms with E-state index >= 15 is 0 Å². The van der Waals surface area contributed by atoms with Crippen molar-refractivity contribution >= 4 is 45.4 Å². The number of benzene rings is 1. The van der Waals surface area contributed by atoms with E-state index in [1.807, 2.05) is 6.07 Å². The molecule has 2 aliphatic heterocycles. The van der Waals surface area contributed by atoms with Crippen LogP contribution in [0.15, 0.2) is 18.2 Å². The lowest BCUT2D eigenvalue weighted by Crippen LogP contribution is -2.39. The summed E-state index contributed by atoms with van der Waals surface area (Å²) >= 11 is 13.8. The third kappa shape index (κ3) is 3.04. The summed E-state index contributed by atoms with van der Waals surface area (Å²) in [7, 11) is 0. The molecule has 1 aromatic heterocycles. The molecule has 4 rings (SSSR count). The van der Waals surface area contributed by atoms with Crippen molar-refractivity contribution in [2.75, 3.05) is 11.9 Å². The van der Waals surface area contributed by atoms with E-state index in [0.717, 1.165) is 35.6 Å². The second-order valence-corrected chi connectivity index (χ2v) is 8.67. The van der Waals surface area contributed by atoms with Crippen LogP contribution in [0, 0.1) is 0 Å². The smallest absolute Gasteiger partial charge is 0.256 e. The highest BCUT2D eigenvalue weighted by molar-refractivity contribution is 7.16. The first-order valence-corrected chi connectivity index (χ1v) is 9.92. The first kappa shape index (κ1) is 17.2. The molecule has 7 heteroatoms. The van der Waals surface area contributed by atoms with Gasteiger partial charge >= 0.3 is 0 Å². The standard InChI is InChI=1S/C18H19Cl2N3OS/c1-9(2)23-6-5-11-14(8-23)25-18-15(11)17(24)21-16(22-18)10-3-4-12(19)13(20)7-10/h3-4,7,9,16,22H,5-6,8H2,1-2H3,(H,21,24)/t16-/m0/s1. The van der Waals surface area contributed by atoms with E-state index in [-0.39, 0.29) is 12.1 Å². The Morgan fingerprint density at radius 1 is 1.24 bits per heavy atom. The van der Waals surface area contributed by atoms with Gasteiger partial charge in [-0.1, -0.05) is 29.3 Å². The van der Waals surface area contributed by atoms with E-state index in [4.69, 9.17) is 23.2 Å². The molecule has 2 N–H and O–H groups in total. The number of nitrogens with one attached hydrogen (secondary N) is 2. The van der Waals surface area contributed by atoms with Gasteiger partial charge in [-0.2, -0.15) is 0 Å². The summed E-state index contributed by atoms with van der Waals surface area (Å²) in [6.07, 6.45) is 0.627. The van der Waals surface area contributed by atoms with Gasteiger partial charge in [-0.05, 0) is 43.5 Å². The molecule has 2 aliphatic rings. The van der Waals surface area contributed by atoms with E-state index in [0.29, 0.717) is 16.1 Å². The van der Waals surface area contributed by atoms with Crippen LogP contribution < -0.4 is 10.6 Å². The number of nitrogens with zero attached hydrogens (tertiary/aromatic N) is 1. The SMILES string of the molecule is CC(C)N1CCc2c(sc3c2C(=O)N[C@H](c2ccc(Cl)c(Cl)c2)N3)C1. The van der Waals surface area contributed by atoms with E-state index in [2.05, 4.69) is 29.4 Å². The minimum Gasteiger partial charge on any atom is -0.353 e. The maximum atomic E-state index is 12.8. The molecule has 0 fully saturated rings. The van der Waals surface area contributed by atoms with Crippen molar-refractivity contribution < 1.29 is 4.79 Å². The zero-order valence-electron chi connectivity index (χ0n) is 14.0. The van der Waals surface area contributed by atoms with Crippen LogP contribution >= 0.6 is 34.5 Å². The van der Waals surface area contributed by atoms with Crippen LogP contribution in [0.2, 0.25) is 10.0 Å². The lowest BCUT2D eigenvalue weighted by Gasteiger charge is -2.31. The predicted molar refractivity (Wildman–Crippen MR) is 104 cm³/mol. The van der Waals surface area contributed by atoms with E-state index < -0.39 is 0 Å². The summed E-state index contributed by atoms with van der Waals surface area (Å²) in [4.78, 5) is 16.5. The first-order chi connectivity index (χ1) is 11.9. The summed E-state index contributed by atoms with van der Waals surface area (Å²) in [6, 6.07) is 5.94. The van der Waals surface area contributed by atoms with Crippen molar-refractivity contribution in [1.29, 1.82) is 0 Å². The van der Waals surface area contributed by atoms with Gasteiger partial charge in [0.25, 0.3) is 5.91 Å². The molecule has 0 saturated heterocycles. The minimum atomic E-state index is -0.295. The molecule has 4 nitrogen and oxygen atoms in total. The third-order valence-corrected chi connectivity index (χ3v) is 6.76. The monoisotopic (exact) mass is 395 g/mol. The van der Waals surface area contributed by atoms with Crippen LogP contribution in [-0.4, -0.2) is 23.4 Å². The molecule has 0 aliphatic carbocycles. The van der Waals surface area contributed by atoms with Gasteiger partial charge in [0.2, 0.25) is 0 Å². The second kappa shape index (κ2) is 6.47. The van der Waals surface area contributed by atoms with Gasteiger partial charge in [-0.15, -0.1) is 11.3 Å². The molecule has 0 saturated carbocycles. The maximum absolute atomic E-state index is 12.8. The molecule has 0 unspecified atom stereocenters. The number of carbonyl (C=O) groups excluding carboxylic acids is 1. The quantitative estimate of drug-likeness (QED) is 0.775. The predicted octanol–water partition coefficient (Wildman–Crippen LogP) is 4.68. The third-order valence-electron chi connectivity index (χ3n) is 4.87. The lowest BCUT2D eigenvalue weighted by molar-refractivity contribution is 0.0934. The molecule has 3 heterocycles. The average Bonchev–Trinajstić information content (AvgIpc) is 2.95. The molecule has 0 bridgehead atoms. The molecular weight excluding hydrogens is 377 g/mol. The van der Waals surface area contributed by atoms with Crippen LogP contribution in [0.5, 0.6) is 0 Å². The van der Waals surface area contributed by atoms with Crippen molar-refractivity contribution in [1.82, 2.24) is 10.2 Å². The van der Waals surface area contributed by atoms with E-state index in [1.165, 1.54) is 10.4 Å². The molecule has 2 aromatic rings. The topological polar surface area (TPSA) is 44.4 Å². The van der Waals surface area contributed by atoms with Gasteiger partial charge in [-0.3, -0.25) is 9.69 Å². The molecule has 25 heavy (non-hydrogen) atoms. The van der Waals surface area contributed by atoms with Gasteiger partial charge in [0, 0.05) is 24.0 Å². The Hall–Kier alpha value is -1.27. The number of amides is 1.